The van der Waals surface area contributed by atoms with E-state index in [0.29, 0.717) is 34.7 Å². The molecule has 162 valence electrons. The number of sulfonamides is 1. The summed E-state index contributed by atoms with van der Waals surface area (Å²) >= 11 is 0. The van der Waals surface area contributed by atoms with Gasteiger partial charge in [-0.2, -0.15) is 10.4 Å². The average molecular weight is 441 g/mol. The minimum atomic E-state index is -3.53. The molecule has 3 aromatic rings. The van der Waals surface area contributed by atoms with Gasteiger partial charge in [0.05, 0.1) is 28.9 Å². The summed E-state index contributed by atoms with van der Waals surface area (Å²) < 4.78 is 27.5. The fraction of sp³-hybridized carbons (Fsp3) is 0.381. The lowest BCUT2D eigenvalue weighted by molar-refractivity contribution is 0.203. The second-order valence-corrected chi connectivity index (χ2v) is 10.1. The number of H-pyrrole nitrogens is 1. The second kappa shape index (κ2) is 8.17. The van der Waals surface area contributed by atoms with Crippen LogP contribution >= 0.6 is 0 Å². The summed E-state index contributed by atoms with van der Waals surface area (Å²) in [5, 5.41) is 17.6. The molecule has 0 saturated heterocycles. The molecular weight excluding hydrogens is 416 g/mol. The summed E-state index contributed by atoms with van der Waals surface area (Å²) in [6.45, 7) is 0. The first-order chi connectivity index (χ1) is 14.8. The quantitative estimate of drug-likeness (QED) is 0.582. The van der Waals surface area contributed by atoms with E-state index in [2.05, 4.69) is 21.5 Å². The standard InChI is InChI=1S/C21H24N6O3S/c1-26(2)31(29,30)16-8-6-15(7-9-16)24-20-19-18(11-13-23-21(19)28)27(25-20)17(10-12-22)14-4-3-5-14/h6-9,11,13-14,17H,3-5,10H2,1-2H3,(H,23,28)(H,24,25)/t17-/m1/s1. The van der Waals surface area contributed by atoms with E-state index in [-0.39, 0.29) is 16.5 Å². The van der Waals surface area contributed by atoms with Crippen molar-refractivity contribution in [2.45, 2.75) is 36.6 Å². The summed E-state index contributed by atoms with van der Waals surface area (Å²) in [5.74, 6) is 0.743. The number of nitrogens with zero attached hydrogens (tertiary/aromatic N) is 4. The minimum Gasteiger partial charge on any atom is -0.338 e. The maximum atomic E-state index is 12.6. The Balaban J connectivity index is 1.73. The molecule has 0 unspecified atom stereocenters. The van der Waals surface area contributed by atoms with Crippen molar-refractivity contribution < 1.29 is 8.42 Å². The molecule has 2 heterocycles. The van der Waals surface area contributed by atoms with E-state index >= 15 is 0 Å². The molecule has 1 aromatic carbocycles. The van der Waals surface area contributed by atoms with E-state index in [0.717, 1.165) is 23.6 Å². The van der Waals surface area contributed by atoms with Gasteiger partial charge in [-0.25, -0.2) is 12.7 Å². The highest BCUT2D eigenvalue weighted by atomic mass is 32.2. The van der Waals surface area contributed by atoms with Crippen LogP contribution in [0.4, 0.5) is 11.5 Å². The first-order valence-electron chi connectivity index (χ1n) is 10.1. The van der Waals surface area contributed by atoms with Crippen LogP contribution in [0.25, 0.3) is 10.9 Å². The second-order valence-electron chi connectivity index (χ2n) is 7.92. The van der Waals surface area contributed by atoms with E-state index in [4.69, 9.17) is 0 Å². The molecule has 0 amide bonds. The van der Waals surface area contributed by atoms with E-state index < -0.39 is 10.0 Å². The Hall–Kier alpha value is -3.16. The van der Waals surface area contributed by atoms with Gasteiger partial charge in [0, 0.05) is 26.0 Å². The molecule has 1 atom stereocenters. The number of nitriles is 1. The molecular formula is C21H24N6O3S. The number of benzene rings is 1. The lowest BCUT2D eigenvalue weighted by atomic mass is 9.79. The lowest BCUT2D eigenvalue weighted by Crippen LogP contribution is -2.26. The highest BCUT2D eigenvalue weighted by Crippen LogP contribution is 2.40. The largest absolute Gasteiger partial charge is 0.338 e. The van der Waals surface area contributed by atoms with Crippen LogP contribution in [-0.4, -0.2) is 41.6 Å². The topological polar surface area (TPSA) is 124 Å². The van der Waals surface area contributed by atoms with Gasteiger partial charge in [0.2, 0.25) is 10.0 Å². The van der Waals surface area contributed by atoms with Crippen molar-refractivity contribution in [2.24, 2.45) is 5.92 Å². The molecule has 0 bridgehead atoms. The van der Waals surface area contributed by atoms with Gasteiger partial charge in [-0.15, -0.1) is 0 Å². The maximum absolute atomic E-state index is 12.6. The number of anilines is 2. The van der Waals surface area contributed by atoms with Crippen LogP contribution in [0.1, 0.15) is 31.7 Å². The Morgan fingerprint density at radius 1 is 1.29 bits per heavy atom. The molecule has 4 rings (SSSR count). The van der Waals surface area contributed by atoms with Gasteiger partial charge >= 0.3 is 0 Å². The molecule has 1 fully saturated rings. The Bertz CT molecular complexity index is 1300. The van der Waals surface area contributed by atoms with Crippen molar-refractivity contribution in [1.29, 1.82) is 5.26 Å². The van der Waals surface area contributed by atoms with Crippen molar-refractivity contribution >= 4 is 32.4 Å². The third kappa shape index (κ3) is 3.82. The third-order valence-corrected chi connectivity index (χ3v) is 7.66. The predicted molar refractivity (Wildman–Crippen MR) is 118 cm³/mol. The van der Waals surface area contributed by atoms with Crippen molar-refractivity contribution in [1.82, 2.24) is 19.1 Å². The van der Waals surface area contributed by atoms with Crippen molar-refractivity contribution in [3.63, 3.8) is 0 Å². The first-order valence-corrected chi connectivity index (χ1v) is 11.5. The van der Waals surface area contributed by atoms with Gasteiger partial charge in [-0.05, 0) is 49.1 Å². The molecule has 1 aliphatic rings. The number of aromatic nitrogens is 3. The molecule has 9 nitrogen and oxygen atoms in total. The SMILES string of the molecule is CN(C)S(=O)(=O)c1ccc(Nc2nn([C@H](CC#N)C3CCC3)c3cc[nH]c(=O)c23)cc1. The van der Waals surface area contributed by atoms with Crippen molar-refractivity contribution in [3.8, 4) is 6.07 Å². The lowest BCUT2D eigenvalue weighted by Gasteiger charge is -2.32. The van der Waals surface area contributed by atoms with Gasteiger partial charge in [0.1, 0.15) is 5.39 Å². The number of pyridine rings is 1. The van der Waals surface area contributed by atoms with Gasteiger partial charge in [-0.1, -0.05) is 6.42 Å². The number of rotatable bonds is 7. The maximum Gasteiger partial charge on any atom is 0.261 e. The zero-order valence-electron chi connectivity index (χ0n) is 17.4. The van der Waals surface area contributed by atoms with Crippen LogP contribution in [0, 0.1) is 17.2 Å². The molecule has 1 aliphatic carbocycles. The van der Waals surface area contributed by atoms with Crippen LogP contribution in [0.2, 0.25) is 0 Å². The van der Waals surface area contributed by atoms with Crippen LogP contribution in [0.15, 0.2) is 46.2 Å². The number of nitrogens with one attached hydrogen (secondary N) is 2. The number of hydrogen-bond acceptors (Lipinski definition) is 6. The van der Waals surface area contributed by atoms with Crippen LogP contribution < -0.4 is 10.9 Å². The number of fused-ring (bicyclic) bond motifs is 1. The molecule has 1 saturated carbocycles. The Morgan fingerprint density at radius 2 is 2.00 bits per heavy atom. The smallest absolute Gasteiger partial charge is 0.261 e. The monoisotopic (exact) mass is 440 g/mol. The minimum absolute atomic E-state index is 0.0915. The highest BCUT2D eigenvalue weighted by molar-refractivity contribution is 7.89. The molecule has 2 aromatic heterocycles. The molecule has 0 spiro atoms. The summed E-state index contributed by atoms with van der Waals surface area (Å²) in [5.41, 5.74) is 1.00. The van der Waals surface area contributed by atoms with Gasteiger partial charge in [-0.3, -0.25) is 9.48 Å². The summed E-state index contributed by atoms with van der Waals surface area (Å²) in [7, 11) is -0.570. The van der Waals surface area contributed by atoms with Gasteiger partial charge in [0.25, 0.3) is 5.56 Å². The summed E-state index contributed by atoms with van der Waals surface area (Å²) in [6, 6.07) is 10.2. The Morgan fingerprint density at radius 3 is 2.58 bits per heavy atom. The predicted octanol–water partition coefficient (Wildman–Crippen LogP) is 2.97. The van der Waals surface area contributed by atoms with Gasteiger partial charge < -0.3 is 10.3 Å². The normalized spacial score (nSPS) is 15.5. The Labute approximate surface area is 180 Å². The molecule has 0 aliphatic heterocycles. The fourth-order valence-electron chi connectivity index (χ4n) is 3.87. The Kier molecular flexibility index (Phi) is 5.56. The molecule has 31 heavy (non-hydrogen) atoms. The number of hydrogen-bond donors (Lipinski definition) is 2. The zero-order valence-corrected chi connectivity index (χ0v) is 18.2. The third-order valence-electron chi connectivity index (χ3n) is 5.83. The van der Waals surface area contributed by atoms with E-state index in [1.165, 1.54) is 26.2 Å². The molecule has 2 N–H and O–H groups in total. The zero-order chi connectivity index (χ0) is 22.2. The molecule has 0 radical (unpaired) electrons. The van der Waals surface area contributed by atoms with Crippen molar-refractivity contribution in [2.75, 3.05) is 19.4 Å². The van der Waals surface area contributed by atoms with Crippen LogP contribution in [0.3, 0.4) is 0 Å². The van der Waals surface area contributed by atoms with E-state index in [1.807, 2.05) is 0 Å². The molecule has 10 heteroatoms. The van der Waals surface area contributed by atoms with Crippen molar-refractivity contribution in [3.05, 3.63) is 46.9 Å². The van der Waals surface area contributed by atoms with Gasteiger partial charge in [0.15, 0.2) is 5.82 Å². The highest BCUT2D eigenvalue weighted by Gasteiger charge is 2.31. The average Bonchev–Trinajstić information content (AvgIpc) is 3.06. The fourth-order valence-corrected chi connectivity index (χ4v) is 4.77. The first kappa shape index (κ1) is 21.1. The number of aromatic amines is 1. The van der Waals surface area contributed by atoms with E-state index in [1.54, 1.807) is 29.1 Å². The summed E-state index contributed by atoms with van der Waals surface area (Å²) in [4.78, 5) is 15.5. The van der Waals surface area contributed by atoms with E-state index in [9.17, 15) is 18.5 Å². The van der Waals surface area contributed by atoms with Crippen LogP contribution in [-0.2, 0) is 10.0 Å². The summed E-state index contributed by atoms with van der Waals surface area (Å²) in [6.07, 6.45) is 5.13. The van der Waals surface area contributed by atoms with Crippen LogP contribution in [0.5, 0.6) is 0 Å².